The van der Waals surface area contributed by atoms with Gasteiger partial charge < -0.3 is 10.1 Å². The summed E-state index contributed by atoms with van der Waals surface area (Å²) < 4.78 is 7.03. The van der Waals surface area contributed by atoms with Gasteiger partial charge in [0.25, 0.3) is 0 Å². The van der Waals surface area contributed by atoms with E-state index in [0.717, 1.165) is 40.3 Å². The summed E-state index contributed by atoms with van der Waals surface area (Å²) in [6.45, 7) is 0.945. The lowest BCUT2D eigenvalue weighted by molar-refractivity contribution is 0.478. The van der Waals surface area contributed by atoms with Crippen LogP contribution in [0, 0.1) is 17.8 Å². The van der Waals surface area contributed by atoms with Gasteiger partial charge in [0.05, 0.1) is 11.8 Å². The van der Waals surface area contributed by atoms with E-state index >= 15 is 0 Å². The van der Waals surface area contributed by atoms with Crippen LogP contribution in [0.15, 0.2) is 34.9 Å². The molecule has 0 bridgehead atoms. The first-order valence-corrected chi connectivity index (χ1v) is 8.29. The molecule has 1 aliphatic carbocycles. The maximum absolute atomic E-state index is 6.05. The average molecular weight is 355 g/mol. The standard InChI is InChI=1S/C18H15BrN2O/c19-15-6-5-13(4-3-12-1-2-12)17(10-15)22-16-9-14-7-8-20-18(14)21-11-16/h5-6,9-12H,1-2,7-8H2,(H,20,21). The molecule has 0 radical (unpaired) electrons. The highest BCUT2D eigenvalue weighted by molar-refractivity contribution is 9.10. The van der Waals surface area contributed by atoms with Crippen molar-refractivity contribution in [2.45, 2.75) is 19.3 Å². The number of nitrogens with zero attached hydrogens (tertiary/aromatic N) is 1. The minimum Gasteiger partial charge on any atom is -0.454 e. The summed E-state index contributed by atoms with van der Waals surface area (Å²) in [5.74, 6) is 9.61. The first-order valence-electron chi connectivity index (χ1n) is 7.50. The fraction of sp³-hybridized carbons (Fsp3) is 0.278. The molecule has 0 unspecified atom stereocenters. The number of hydrogen-bond acceptors (Lipinski definition) is 3. The number of nitrogens with one attached hydrogen (secondary N) is 1. The molecule has 4 heteroatoms. The molecule has 110 valence electrons. The van der Waals surface area contributed by atoms with Crippen LogP contribution < -0.4 is 10.1 Å². The number of hydrogen-bond donors (Lipinski definition) is 1. The maximum atomic E-state index is 6.05. The Morgan fingerprint density at radius 1 is 1.27 bits per heavy atom. The molecular formula is C18H15BrN2O. The van der Waals surface area contributed by atoms with E-state index in [2.05, 4.69) is 44.1 Å². The molecule has 0 saturated heterocycles. The van der Waals surface area contributed by atoms with Crippen molar-refractivity contribution in [3.63, 3.8) is 0 Å². The highest BCUT2D eigenvalue weighted by Crippen LogP contribution is 2.32. The smallest absolute Gasteiger partial charge is 0.146 e. The zero-order valence-electron chi connectivity index (χ0n) is 12.0. The van der Waals surface area contributed by atoms with Gasteiger partial charge in [-0.2, -0.15) is 0 Å². The summed E-state index contributed by atoms with van der Waals surface area (Å²) >= 11 is 3.50. The van der Waals surface area contributed by atoms with Crippen molar-refractivity contribution >= 4 is 21.7 Å². The van der Waals surface area contributed by atoms with Crippen LogP contribution in [0.4, 0.5) is 5.82 Å². The van der Waals surface area contributed by atoms with Gasteiger partial charge in [0, 0.05) is 16.9 Å². The third kappa shape index (κ3) is 2.95. The summed E-state index contributed by atoms with van der Waals surface area (Å²) in [5, 5.41) is 3.25. The molecule has 1 N–H and O–H groups in total. The van der Waals surface area contributed by atoms with E-state index in [9.17, 15) is 0 Å². The zero-order chi connectivity index (χ0) is 14.9. The van der Waals surface area contributed by atoms with Crippen LogP contribution in [-0.4, -0.2) is 11.5 Å². The lowest BCUT2D eigenvalue weighted by Gasteiger charge is -2.09. The second kappa shape index (κ2) is 5.66. The molecule has 3 nitrogen and oxygen atoms in total. The van der Waals surface area contributed by atoms with Crippen LogP contribution >= 0.6 is 15.9 Å². The minimum atomic E-state index is 0.573. The fourth-order valence-electron chi connectivity index (χ4n) is 2.43. The lowest BCUT2D eigenvalue weighted by atomic mass is 10.2. The van der Waals surface area contributed by atoms with Crippen molar-refractivity contribution in [3.8, 4) is 23.3 Å². The van der Waals surface area contributed by atoms with E-state index in [1.165, 1.54) is 18.4 Å². The van der Waals surface area contributed by atoms with Crippen molar-refractivity contribution in [3.05, 3.63) is 46.1 Å². The predicted molar refractivity (Wildman–Crippen MR) is 90.2 cm³/mol. The predicted octanol–water partition coefficient (Wildman–Crippen LogP) is 4.37. The fourth-order valence-corrected chi connectivity index (χ4v) is 2.77. The monoisotopic (exact) mass is 354 g/mol. The zero-order valence-corrected chi connectivity index (χ0v) is 13.6. The quantitative estimate of drug-likeness (QED) is 0.813. The number of rotatable bonds is 2. The lowest BCUT2D eigenvalue weighted by Crippen LogP contribution is -1.93. The van der Waals surface area contributed by atoms with Crippen LogP contribution in [-0.2, 0) is 6.42 Å². The van der Waals surface area contributed by atoms with E-state index in [0.29, 0.717) is 5.92 Å². The van der Waals surface area contributed by atoms with E-state index in [1.807, 2.05) is 18.2 Å². The second-order valence-corrected chi connectivity index (χ2v) is 6.56. The molecule has 1 aromatic carbocycles. The van der Waals surface area contributed by atoms with Crippen molar-refractivity contribution in [1.82, 2.24) is 4.98 Å². The van der Waals surface area contributed by atoms with E-state index in [4.69, 9.17) is 4.74 Å². The van der Waals surface area contributed by atoms with E-state index in [-0.39, 0.29) is 0 Å². The number of halogens is 1. The Labute approximate surface area is 138 Å². The minimum absolute atomic E-state index is 0.573. The van der Waals surface area contributed by atoms with Gasteiger partial charge in [-0.15, -0.1) is 0 Å². The number of ether oxygens (including phenoxy) is 1. The highest BCUT2D eigenvalue weighted by atomic mass is 79.9. The number of pyridine rings is 1. The van der Waals surface area contributed by atoms with Gasteiger partial charge in [-0.25, -0.2) is 4.98 Å². The topological polar surface area (TPSA) is 34.1 Å². The normalized spacial score (nSPS) is 15.5. The second-order valence-electron chi connectivity index (χ2n) is 5.64. The first-order chi connectivity index (χ1) is 10.8. The summed E-state index contributed by atoms with van der Waals surface area (Å²) in [6, 6.07) is 8.01. The van der Waals surface area contributed by atoms with Crippen molar-refractivity contribution in [1.29, 1.82) is 0 Å². The number of benzene rings is 1. The van der Waals surface area contributed by atoms with Gasteiger partial charge in [-0.05, 0) is 49.1 Å². The van der Waals surface area contributed by atoms with Crippen LogP contribution in [0.25, 0.3) is 0 Å². The van der Waals surface area contributed by atoms with Gasteiger partial charge in [0.1, 0.15) is 17.3 Å². The van der Waals surface area contributed by atoms with Gasteiger partial charge in [0.2, 0.25) is 0 Å². The Morgan fingerprint density at radius 2 is 2.18 bits per heavy atom. The summed E-state index contributed by atoms with van der Waals surface area (Å²) in [7, 11) is 0. The number of anilines is 1. The van der Waals surface area contributed by atoms with Crippen molar-refractivity contribution in [2.75, 3.05) is 11.9 Å². The third-order valence-corrected chi connectivity index (χ3v) is 4.28. The molecule has 1 aromatic heterocycles. The Morgan fingerprint density at radius 3 is 3.05 bits per heavy atom. The Kier molecular flexibility index (Phi) is 3.51. The van der Waals surface area contributed by atoms with Gasteiger partial charge in [-0.3, -0.25) is 0 Å². The molecular weight excluding hydrogens is 340 g/mol. The van der Waals surface area contributed by atoms with Crippen LogP contribution in [0.3, 0.4) is 0 Å². The molecule has 22 heavy (non-hydrogen) atoms. The molecule has 4 rings (SSSR count). The highest BCUT2D eigenvalue weighted by Gasteiger charge is 2.18. The summed E-state index contributed by atoms with van der Waals surface area (Å²) in [4.78, 5) is 4.41. The van der Waals surface area contributed by atoms with E-state index < -0.39 is 0 Å². The largest absolute Gasteiger partial charge is 0.454 e. The van der Waals surface area contributed by atoms with E-state index in [1.54, 1.807) is 6.20 Å². The molecule has 1 fully saturated rings. The molecule has 0 amide bonds. The van der Waals surface area contributed by atoms with Crippen LogP contribution in [0.5, 0.6) is 11.5 Å². The molecule has 0 atom stereocenters. The molecule has 1 aliphatic heterocycles. The summed E-state index contributed by atoms with van der Waals surface area (Å²) in [5.41, 5.74) is 2.13. The maximum Gasteiger partial charge on any atom is 0.146 e. The van der Waals surface area contributed by atoms with Gasteiger partial charge in [0.15, 0.2) is 0 Å². The number of fused-ring (bicyclic) bond motifs is 1. The SMILES string of the molecule is Brc1ccc(C#CC2CC2)c(Oc2cnc3c(c2)CCN3)c1. The number of aromatic nitrogens is 1. The van der Waals surface area contributed by atoms with Crippen LogP contribution in [0.2, 0.25) is 0 Å². The third-order valence-electron chi connectivity index (χ3n) is 3.79. The van der Waals surface area contributed by atoms with Crippen molar-refractivity contribution < 1.29 is 4.74 Å². The molecule has 2 aliphatic rings. The molecule has 2 aromatic rings. The summed E-state index contributed by atoms with van der Waals surface area (Å²) in [6.07, 6.45) is 5.20. The average Bonchev–Trinajstić information content (AvgIpc) is 3.22. The Hall–Kier alpha value is -1.99. The Balaban J connectivity index is 1.64. The molecule has 2 heterocycles. The molecule has 1 saturated carbocycles. The Bertz CT molecular complexity index is 787. The van der Waals surface area contributed by atoms with Gasteiger partial charge >= 0.3 is 0 Å². The first kappa shape index (κ1) is 13.7. The van der Waals surface area contributed by atoms with Crippen LogP contribution in [0.1, 0.15) is 24.0 Å². The molecule has 0 spiro atoms. The van der Waals surface area contributed by atoms with Crippen molar-refractivity contribution in [2.24, 2.45) is 5.92 Å². The van der Waals surface area contributed by atoms with Gasteiger partial charge in [-0.1, -0.05) is 27.8 Å².